The Morgan fingerprint density at radius 1 is 0.667 bits per heavy atom. The maximum absolute atomic E-state index is 14.4. The normalized spacial score (nSPS) is 19.0. The minimum absolute atomic E-state index is 0. The van der Waals surface area contributed by atoms with Crippen LogP contribution in [-0.4, -0.2) is 197 Å². The number of aliphatic hydroxyl groups excluding tert-OH is 1. The fourth-order valence-electron chi connectivity index (χ4n) is 19.3. The van der Waals surface area contributed by atoms with E-state index in [2.05, 4.69) is 78.4 Å². The third-order valence-corrected chi connectivity index (χ3v) is 29.5. The summed E-state index contributed by atoms with van der Waals surface area (Å²) in [5, 5.41) is 43.4. The van der Waals surface area contributed by atoms with Gasteiger partial charge in [0, 0.05) is 95.9 Å². The molecule has 0 bridgehead atoms. The van der Waals surface area contributed by atoms with E-state index in [-0.39, 0.29) is 143 Å². The van der Waals surface area contributed by atoms with Crippen LogP contribution >= 0.6 is 46.5 Å². The topological polar surface area (TPSA) is 346 Å². The first-order valence-corrected chi connectivity index (χ1v) is 50.4. The number of amides is 8. The minimum Gasteiger partial charge on any atom is -0.494 e. The molecule has 0 radical (unpaired) electrons. The number of anilines is 2. The Hall–Kier alpha value is -12.4. The number of carbonyl (C=O) groups excluding carboxylic acids is 8. The highest BCUT2D eigenvalue weighted by Crippen LogP contribution is 2.56. The number of aromatic nitrogens is 1. The van der Waals surface area contributed by atoms with Gasteiger partial charge < -0.3 is 79.1 Å². The molecule has 3 saturated heterocycles. The van der Waals surface area contributed by atoms with Gasteiger partial charge in [0.2, 0.25) is 29.5 Å². The zero-order chi connectivity index (χ0) is 103. The van der Waals surface area contributed by atoms with Crippen molar-refractivity contribution in [1.82, 2.24) is 41.0 Å². The largest absolute Gasteiger partial charge is 0.494 e. The van der Waals surface area contributed by atoms with Gasteiger partial charge in [-0.2, -0.15) is 23.7 Å². The smallest absolute Gasteiger partial charge is 0.417 e. The number of nitriles is 2. The molecule has 8 atom stereocenters. The lowest BCUT2D eigenvalue weighted by Gasteiger charge is -2.63. The number of alkyl halides is 3. The highest BCUT2D eigenvalue weighted by molar-refractivity contribution is 7.81. The molecule has 6 heterocycles. The van der Waals surface area contributed by atoms with Crippen molar-refractivity contribution in [2.45, 2.75) is 230 Å². The molecule has 1 aliphatic carbocycles. The van der Waals surface area contributed by atoms with E-state index in [1.807, 2.05) is 123 Å². The summed E-state index contributed by atoms with van der Waals surface area (Å²) in [7, 11) is 0. The summed E-state index contributed by atoms with van der Waals surface area (Å²) in [6, 6.07) is 45.3. The van der Waals surface area contributed by atoms with E-state index in [0.717, 1.165) is 55.4 Å². The van der Waals surface area contributed by atoms with Gasteiger partial charge in [-0.1, -0.05) is 143 Å². The number of halogens is 4. The van der Waals surface area contributed by atoms with Crippen LogP contribution in [0.1, 0.15) is 195 Å². The molecule has 35 heteroatoms. The van der Waals surface area contributed by atoms with Crippen molar-refractivity contribution in [2.75, 3.05) is 69.1 Å². The van der Waals surface area contributed by atoms with Gasteiger partial charge in [0.15, 0.2) is 5.11 Å². The third-order valence-electron chi connectivity index (χ3n) is 26.8. The number of β-amino-alcohol motifs (C(OH)–C–C–N with tert-alkyl or cyclic N) is 1. The number of aryl methyl sites for hydroxylation is 2. The van der Waals surface area contributed by atoms with Crippen LogP contribution in [0.5, 0.6) is 23.0 Å². The number of fused-ring (bicyclic) bond motifs is 1. The van der Waals surface area contributed by atoms with E-state index in [1.54, 1.807) is 124 Å². The number of aliphatic hydroxyl groups is 1. The lowest BCUT2D eigenvalue weighted by atomic mass is 9.49. The SMILES string of the molecule is C.Cc1ccsc1-c1ccc(CNC(=O)[C@@H]2C[C@@H](O)CN2C(=O)[C@@H](NC(=O)COCCCCOc2ccc(C(=O)NC3C(C)(C)C(Oc4ccc(C#N)c(Cl)c4)C3(C)C)cc2)C(C)(C)C)cc1.Cc1ncsc1-c1ccc(CNC(=O)[C@@H]2C[C@@H](C)CN2C(=O)[C@H](C(C)C)N2Cc3ccccc3C2=O)c(OCCO[C@H](C)[C@@H](C)OCCOc2ccc(N3C(=S)N(c4ccc(C#N)c(C(F)(F)F)c4)C(=O)C3(C)C)cc2)c1. The van der Waals surface area contributed by atoms with E-state index in [1.165, 1.54) is 32.7 Å². The van der Waals surface area contributed by atoms with Gasteiger partial charge >= 0.3 is 6.18 Å². The minimum atomic E-state index is -4.81. The van der Waals surface area contributed by atoms with Gasteiger partial charge in [0.05, 0.1) is 87.7 Å². The number of nitrogens with one attached hydrogen (secondary N) is 4. The number of thiazole rings is 1. The zero-order valence-electron chi connectivity index (χ0n) is 83.2. The summed E-state index contributed by atoms with van der Waals surface area (Å²) in [5.74, 6) is -0.509. The number of nitrogens with zero attached hydrogens (tertiary/aromatic N) is 8. The van der Waals surface area contributed by atoms with Crippen LogP contribution in [0.2, 0.25) is 5.02 Å². The lowest BCUT2D eigenvalue weighted by Crippen LogP contribution is -2.74. The van der Waals surface area contributed by atoms with Crippen LogP contribution in [0.4, 0.5) is 24.5 Å². The number of thiophene rings is 1. The molecule has 14 rings (SSSR count). The number of carbonyl (C=O) groups is 8. The van der Waals surface area contributed by atoms with Crippen molar-refractivity contribution in [3.8, 4) is 56.0 Å². The number of unbranched alkanes of at least 4 members (excludes halogenated alkanes) is 1. The Balaban J connectivity index is 0.000000258. The Bertz CT molecular complexity index is 6200. The molecule has 766 valence electrons. The van der Waals surface area contributed by atoms with Crippen molar-refractivity contribution >= 4 is 110 Å². The third kappa shape index (κ3) is 25.6. The molecule has 28 nitrogen and oxygen atoms in total. The fourth-order valence-corrected chi connectivity index (χ4v) is 21.8. The van der Waals surface area contributed by atoms with Gasteiger partial charge in [0.25, 0.3) is 17.7 Å². The number of rotatable bonds is 38. The first kappa shape index (κ1) is 110. The van der Waals surface area contributed by atoms with E-state index in [9.17, 15) is 67.2 Å². The summed E-state index contributed by atoms with van der Waals surface area (Å²) < 4.78 is 83.8. The molecule has 4 fully saturated rings. The standard InChI is InChI=1S/C57H62F3N7O8S2.C51H62ClN5O8S.CH4/c1-33(2)49(65-31-41-11-9-10-12-45(41)52(65)69)53(70)64-30-34(3)25-47(64)51(68)62-29-40-14-13-38(50-35(4)63-32-77-50)26-48(40)75-24-22-73-37(6)36(5)72-21-23-74-44-19-17-42(18-20-44)67-55(76)66(54(71)56(67,7)8)43-16-15-39(28-61)46(27-43)57(58,59)60;1-31-21-24-66-42(31)33-13-11-32(12-14-33)28-54-45(61)40-25-36(58)29-57(40)46(62)43(49(2,3)4)55-41(59)30-63-22-9-10-23-64-37-18-15-34(16-19-37)44(60)56-47-50(5,6)48(51(47,7)8)65-38-20-17-35(27-53)39(52)26-38;/h9-20,26-27,32-34,36-37,47,49H,21-25,29-31H2,1-8H3,(H,62,68);11-21,24,26,36,40,43,47-48,58H,9-10,22-23,25,28-30H2,1-8H3,(H,54,61)(H,55,59)(H,56,60);1H4/t34-,36-,37-,47+,49+;36-,40+,43-,47?,48?;/m11./s1. The number of benzene rings is 7. The Morgan fingerprint density at radius 2 is 1.26 bits per heavy atom. The summed E-state index contributed by atoms with van der Waals surface area (Å²) in [4.78, 5) is 123. The fraction of sp³-hybridized carbons (Fsp3) is 0.450. The molecular weight excluding hydrogens is 1920 g/mol. The Kier molecular flexibility index (Phi) is 36.2. The second kappa shape index (κ2) is 47.2. The van der Waals surface area contributed by atoms with Crippen molar-refractivity contribution in [3.05, 3.63) is 229 Å². The highest BCUT2D eigenvalue weighted by Gasteiger charge is 2.64. The number of hydrogen-bond donors (Lipinski definition) is 5. The Labute approximate surface area is 858 Å². The van der Waals surface area contributed by atoms with Crippen LogP contribution in [0, 0.1) is 64.6 Å². The monoisotopic (exact) mass is 2050 g/mol. The average molecular weight is 2050 g/mol. The molecule has 0 spiro atoms. The first-order chi connectivity index (χ1) is 67.8. The maximum atomic E-state index is 14.4. The second-order valence-corrected chi connectivity index (χ2v) is 42.5. The summed E-state index contributed by atoms with van der Waals surface area (Å²) in [6.07, 6.45) is -4.68. The van der Waals surface area contributed by atoms with E-state index in [4.69, 9.17) is 57.0 Å². The second-order valence-electron chi connectivity index (χ2n) is 40.0. The molecule has 9 aromatic rings. The molecular formula is C109H128ClF3N12O16S3. The number of ether oxygens (including phenoxy) is 7. The molecule has 0 unspecified atom stereocenters. The van der Waals surface area contributed by atoms with Crippen LogP contribution in [0.15, 0.2) is 169 Å². The predicted octanol–water partition coefficient (Wildman–Crippen LogP) is 18.2. The van der Waals surface area contributed by atoms with E-state index < -0.39 is 87.1 Å². The highest BCUT2D eigenvalue weighted by atomic mass is 35.5. The van der Waals surface area contributed by atoms with Gasteiger partial charge in [-0.25, -0.2) is 4.98 Å². The molecule has 144 heavy (non-hydrogen) atoms. The number of hydrogen-bond acceptors (Lipinski definition) is 22. The molecule has 2 aromatic heterocycles. The van der Waals surface area contributed by atoms with Crippen LogP contribution in [0.3, 0.4) is 0 Å². The van der Waals surface area contributed by atoms with Gasteiger partial charge in [-0.3, -0.25) is 43.3 Å². The molecule has 8 amide bonds. The predicted molar refractivity (Wildman–Crippen MR) is 551 cm³/mol. The van der Waals surface area contributed by atoms with E-state index in [0.29, 0.717) is 96.0 Å². The number of thiocarbonyl (C=S) groups is 1. The van der Waals surface area contributed by atoms with Gasteiger partial charge in [-0.15, -0.1) is 22.7 Å². The Morgan fingerprint density at radius 3 is 1.88 bits per heavy atom. The number of likely N-dealkylation sites (tertiary alicyclic amines) is 2. The van der Waals surface area contributed by atoms with Crippen molar-refractivity contribution in [3.63, 3.8) is 0 Å². The quantitative estimate of drug-likeness (QED) is 0.0177. The summed E-state index contributed by atoms with van der Waals surface area (Å²) in [5.41, 5.74) is 5.90. The molecule has 4 aliphatic heterocycles. The van der Waals surface area contributed by atoms with Crippen molar-refractivity contribution in [1.29, 1.82) is 10.5 Å². The molecule has 5 N–H and O–H groups in total. The molecule has 7 aromatic carbocycles. The molecule has 1 saturated carbocycles. The van der Waals surface area contributed by atoms with Crippen LogP contribution in [-0.2, 0) is 68.8 Å². The lowest BCUT2D eigenvalue weighted by molar-refractivity contribution is -0.164. The zero-order valence-corrected chi connectivity index (χ0v) is 86.4. The maximum Gasteiger partial charge on any atom is 0.417 e. The summed E-state index contributed by atoms with van der Waals surface area (Å²) in [6.45, 7) is 33.1. The van der Waals surface area contributed by atoms with Crippen molar-refractivity contribution in [2.24, 2.45) is 28.1 Å². The van der Waals surface area contributed by atoms with Crippen molar-refractivity contribution < 1.29 is 89.8 Å². The van der Waals surface area contributed by atoms with Gasteiger partial charge in [-0.05, 0) is 221 Å². The summed E-state index contributed by atoms with van der Waals surface area (Å²) >= 11 is 15.1. The van der Waals surface area contributed by atoms with Gasteiger partial charge in [0.1, 0.15) is 84.7 Å². The van der Waals surface area contributed by atoms with E-state index >= 15 is 0 Å². The van der Waals surface area contributed by atoms with Crippen LogP contribution in [0.25, 0.3) is 20.9 Å². The van der Waals surface area contributed by atoms with Crippen LogP contribution < -0.4 is 50.0 Å². The average Bonchev–Trinajstić information content (AvgIpc) is 0.879. The molecule has 5 aliphatic rings. The first-order valence-electron chi connectivity index (χ1n) is 47.9.